The Labute approximate surface area is 103 Å². The summed E-state index contributed by atoms with van der Waals surface area (Å²) in [5.74, 6) is -0.173. The van der Waals surface area contributed by atoms with Crippen molar-refractivity contribution in [2.45, 2.75) is 13.0 Å². The van der Waals surface area contributed by atoms with E-state index in [-0.39, 0.29) is 11.9 Å². The molecule has 96 valence electrons. The molecular formula is C13H21FN2O. The first kappa shape index (κ1) is 13.9. The van der Waals surface area contributed by atoms with E-state index in [1.54, 1.807) is 13.2 Å². The minimum atomic E-state index is -0.173. The predicted molar refractivity (Wildman–Crippen MR) is 69.0 cm³/mol. The van der Waals surface area contributed by atoms with Gasteiger partial charge in [-0.2, -0.15) is 0 Å². The highest BCUT2D eigenvalue weighted by Gasteiger charge is 2.16. The molecule has 3 nitrogen and oxygen atoms in total. The van der Waals surface area contributed by atoms with Crippen LogP contribution in [0.5, 0.6) is 0 Å². The Kier molecular flexibility index (Phi) is 5.38. The molecule has 0 aliphatic carbocycles. The molecule has 17 heavy (non-hydrogen) atoms. The summed E-state index contributed by atoms with van der Waals surface area (Å²) in [5.41, 5.74) is 1.61. The van der Waals surface area contributed by atoms with E-state index in [1.165, 1.54) is 6.07 Å². The van der Waals surface area contributed by atoms with Gasteiger partial charge in [-0.15, -0.1) is 0 Å². The lowest BCUT2D eigenvalue weighted by Crippen LogP contribution is -2.26. The smallest absolute Gasteiger partial charge is 0.130 e. The van der Waals surface area contributed by atoms with Crippen LogP contribution in [-0.2, 0) is 4.74 Å². The second-order valence-electron chi connectivity index (χ2n) is 4.10. The van der Waals surface area contributed by atoms with Gasteiger partial charge in [-0.05, 0) is 26.1 Å². The zero-order valence-corrected chi connectivity index (χ0v) is 11.0. The van der Waals surface area contributed by atoms with Crippen molar-refractivity contribution in [2.75, 3.05) is 39.3 Å². The van der Waals surface area contributed by atoms with Crippen molar-refractivity contribution < 1.29 is 9.13 Å². The molecule has 0 heterocycles. The lowest BCUT2D eigenvalue weighted by molar-refractivity contribution is 0.206. The van der Waals surface area contributed by atoms with Crippen LogP contribution in [0.25, 0.3) is 0 Å². The van der Waals surface area contributed by atoms with E-state index in [1.807, 2.05) is 32.0 Å². The molecule has 0 aromatic heterocycles. The summed E-state index contributed by atoms with van der Waals surface area (Å²) < 4.78 is 18.9. The van der Waals surface area contributed by atoms with Crippen LogP contribution in [0.15, 0.2) is 18.2 Å². The lowest BCUT2D eigenvalue weighted by Gasteiger charge is -2.25. The number of nitrogens with zero attached hydrogens (tertiary/aromatic N) is 1. The third-order valence-electron chi connectivity index (χ3n) is 2.94. The van der Waals surface area contributed by atoms with Crippen molar-refractivity contribution >= 4 is 5.69 Å². The molecule has 0 radical (unpaired) electrons. The molecule has 1 atom stereocenters. The fourth-order valence-electron chi connectivity index (χ4n) is 1.78. The average molecular weight is 240 g/mol. The van der Waals surface area contributed by atoms with Gasteiger partial charge < -0.3 is 15.0 Å². The molecule has 1 aromatic rings. The highest BCUT2D eigenvalue weighted by Crippen LogP contribution is 2.27. The summed E-state index contributed by atoms with van der Waals surface area (Å²) >= 11 is 0. The fraction of sp³-hybridized carbons (Fsp3) is 0.538. The van der Waals surface area contributed by atoms with Gasteiger partial charge in [0.05, 0.1) is 6.61 Å². The normalized spacial score (nSPS) is 12.5. The molecule has 0 saturated carbocycles. The molecule has 0 saturated heterocycles. The van der Waals surface area contributed by atoms with Gasteiger partial charge in [-0.1, -0.05) is 6.07 Å². The number of nitrogens with one attached hydrogen (secondary N) is 1. The summed E-state index contributed by atoms with van der Waals surface area (Å²) in [4.78, 5) is 2.01. The summed E-state index contributed by atoms with van der Waals surface area (Å²) in [7, 11) is 5.44. The van der Waals surface area contributed by atoms with Crippen molar-refractivity contribution in [3.8, 4) is 0 Å². The van der Waals surface area contributed by atoms with E-state index < -0.39 is 0 Å². The van der Waals surface area contributed by atoms with E-state index in [0.717, 1.165) is 12.2 Å². The van der Waals surface area contributed by atoms with Gasteiger partial charge in [0.1, 0.15) is 5.82 Å². The second-order valence-corrected chi connectivity index (χ2v) is 4.10. The van der Waals surface area contributed by atoms with Gasteiger partial charge in [0.25, 0.3) is 0 Å². The fourth-order valence-corrected chi connectivity index (χ4v) is 1.78. The Morgan fingerprint density at radius 2 is 2.18 bits per heavy atom. The van der Waals surface area contributed by atoms with Crippen LogP contribution in [0.4, 0.5) is 10.1 Å². The standard InChI is InChI=1S/C13H21FN2O/c1-10(15-2)13-11(14)6-5-7-12(13)16(3)8-9-17-4/h5-7,10,15H,8-9H2,1-4H3. The summed E-state index contributed by atoms with van der Waals surface area (Å²) in [6, 6.07) is 5.15. The first-order valence-electron chi connectivity index (χ1n) is 5.77. The summed E-state index contributed by atoms with van der Waals surface area (Å²) in [5, 5.41) is 3.08. The van der Waals surface area contributed by atoms with Crippen LogP contribution in [0, 0.1) is 5.82 Å². The number of likely N-dealkylation sites (N-methyl/N-ethyl adjacent to an activating group) is 1. The topological polar surface area (TPSA) is 24.5 Å². The van der Waals surface area contributed by atoms with Crippen LogP contribution in [0.3, 0.4) is 0 Å². The Balaban J connectivity index is 3.01. The van der Waals surface area contributed by atoms with Crippen molar-refractivity contribution in [2.24, 2.45) is 0 Å². The van der Waals surface area contributed by atoms with Gasteiger partial charge >= 0.3 is 0 Å². The van der Waals surface area contributed by atoms with Crippen LogP contribution >= 0.6 is 0 Å². The Hall–Kier alpha value is -1.13. The number of methoxy groups -OCH3 is 1. The molecule has 0 fully saturated rings. The van der Waals surface area contributed by atoms with Crippen molar-refractivity contribution in [1.29, 1.82) is 0 Å². The maximum absolute atomic E-state index is 13.9. The first-order valence-corrected chi connectivity index (χ1v) is 5.77. The summed E-state index contributed by atoms with van der Waals surface area (Å²) in [6.45, 7) is 3.32. The van der Waals surface area contributed by atoms with E-state index in [2.05, 4.69) is 5.32 Å². The Bertz CT molecular complexity index is 357. The first-order chi connectivity index (χ1) is 8.11. The van der Waals surface area contributed by atoms with Crippen LogP contribution in [-0.4, -0.2) is 34.4 Å². The Morgan fingerprint density at radius 3 is 2.76 bits per heavy atom. The molecule has 0 aliphatic heterocycles. The number of rotatable bonds is 6. The minimum Gasteiger partial charge on any atom is -0.383 e. The van der Waals surface area contributed by atoms with E-state index in [9.17, 15) is 4.39 Å². The van der Waals surface area contributed by atoms with E-state index in [4.69, 9.17) is 4.74 Å². The van der Waals surface area contributed by atoms with E-state index >= 15 is 0 Å². The van der Waals surface area contributed by atoms with Gasteiger partial charge in [0, 0.05) is 38.0 Å². The number of benzene rings is 1. The predicted octanol–water partition coefficient (Wildman–Crippen LogP) is 2.19. The molecule has 1 aromatic carbocycles. The van der Waals surface area contributed by atoms with Crippen molar-refractivity contribution in [3.63, 3.8) is 0 Å². The SMILES string of the molecule is CNC(C)c1c(F)cccc1N(C)CCOC. The maximum atomic E-state index is 13.9. The quantitative estimate of drug-likeness (QED) is 0.825. The molecule has 0 bridgehead atoms. The third-order valence-corrected chi connectivity index (χ3v) is 2.94. The molecule has 0 amide bonds. The van der Waals surface area contributed by atoms with Gasteiger partial charge in [-0.25, -0.2) is 4.39 Å². The lowest BCUT2D eigenvalue weighted by atomic mass is 10.0. The van der Waals surface area contributed by atoms with Crippen molar-refractivity contribution in [1.82, 2.24) is 5.32 Å². The highest BCUT2D eigenvalue weighted by atomic mass is 19.1. The number of ether oxygens (including phenoxy) is 1. The summed E-state index contributed by atoms with van der Waals surface area (Å²) in [6.07, 6.45) is 0. The number of hydrogen-bond donors (Lipinski definition) is 1. The molecule has 1 unspecified atom stereocenters. The van der Waals surface area contributed by atoms with Gasteiger partial charge in [0.2, 0.25) is 0 Å². The average Bonchev–Trinajstić information content (AvgIpc) is 2.34. The van der Waals surface area contributed by atoms with Crippen LogP contribution in [0.1, 0.15) is 18.5 Å². The molecule has 4 heteroatoms. The molecular weight excluding hydrogens is 219 g/mol. The van der Waals surface area contributed by atoms with Gasteiger partial charge in [0.15, 0.2) is 0 Å². The molecule has 1 rings (SSSR count). The number of halogens is 1. The molecule has 0 spiro atoms. The second kappa shape index (κ2) is 6.57. The third kappa shape index (κ3) is 3.41. The van der Waals surface area contributed by atoms with E-state index in [0.29, 0.717) is 12.2 Å². The Morgan fingerprint density at radius 1 is 1.47 bits per heavy atom. The van der Waals surface area contributed by atoms with Crippen molar-refractivity contribution in [3.05, 3.63) is 29.6 Å². The number of hydrogen-bond acceptors (Lipinski definition) is 3. The van der Waals surface area contributed by atoms with Gasteiger partial charge in [-0.3, -0.25) is 0 Å². The van der Waals surface area contributed by atoms with Crippen LogP contribution in [0.2, 0.25) is 0 Å². The minimum absolute atomic E-state index is 0.0174. The largest absolute Gasteiger partial charge is 0.383 e. The number of anilines is 1. The van der Waals surface area contributed by atoms with Crippen LogP contribution < -0.4 is 10.2 Å². The molecule has 1 N–H and O–H groups in total. The maximum Gasteiger partial charge on any atom is 0.130 e. The molecule has 0 aliphatic rings. The zero-order chi connectivity index (χ0) is 12.8. The highest BCUT2D eigenvalue weighted by molar-refractivity contribution is 5.55. The monoisotopic (exact) mass is 240 g/mol. The zero-order valence-electron chi connectivity index (χ0n) is 11.0.